The lowest BCUT2D eigenvalue weighted by atomic mass is 10.1. The molecule has 1 N–H and O–H groups in total. The smallest absolute Gasteiger partial charge is 0.330 e. The molecule has 0 unspecified atom stereocenters. The highest BCUT2D eigenvalue weighted by Gasteiger charge is 2.19. The van der Waals surface area contributed by atoms with Crippen LogP contribution in [0.2, 0.25) is 0 Å². The third-order valence-electron chi connectivity index (χ3n) is 1.46. The molecule has 0 spiro atoms. The number of hydrogen-bond acceptors (Lipinski definition) is 5. The predicted molar refractivity (Wildman–Crippen MR) is 66.7 cm³/mol. The van der Waals surface area contributed by atoms with Crippen molar-refractivity contribution in [2.45, 2.75) is 45.7 Å². The fourth-order valence-corrected chi connectivity index (χ4v) is 0.295. The number of aliphatic carboxylic acids is 1. The number of carboxylic acids is 1. The lowest BCUT2D eigenvalue weighted by Gasteiger charge is -2.11. The molecule has 0 aromatic carbocycles. The Morgan fingerprint density at radius 1 is 1.11 bits per heavy atom. The molecule has 0 aromatic heterocycles. The summed E-state index contributed by atoms with van der Waals surface area (Å²) in [6, 6.07) is 3.94. The molecule has 0 saturated carbocycles. The van der Waals surface area contributed by atoms with Gasteiger partial charge in [-0.15, -0.1) is 0 Å². The van der Waals surface area contributed by atoms with Crippen LogP contribution < -0.4 is 0 Å². The van der Waals surface area contributed by atoms with Crippen LogP contribution in [0.25, 0.3) is 0 Å². The van der Waals surface area contributed by atoms with E-state index in [1.165, 1.54) is 6.92 Å². The first-order chi connectivity index (χ1) is 7.97. The van der Waals surface area contributed by atoms with Gasteiger partial charge in [0.25, 0.3) is 0 Å². The Balaban J connectivity index is 0. The second kappa shape index (κ2) is 7.18. The molecule has 0 amide bonds. The number of carbonyl (C=O) groups is 1. The number of carboxylic acid groups (broad SMARTS) is 1. The molecular formula is C12H18N4O2. The molecule has 0 aromatic rings. The fraction of sp³-hybridized carbons (Fsp3) is 0.583. The van der Waals surface area contributed by atoms with E-state index in [-0.39, 0.29) is 5.57 Å². The zero-order valence-electron chi connectivity index (χ0n) is 11.4. The lowest BCUT2D eigenvalue weighted by molar-refractivity contribution is -0.132. The molecule has 0 fully saturated rings. The molecule has 0 radical (unpaired) electrons. The van der Waals surface area contributed by atoms with Crippen LogP contribution >= 0.6 is 0 Å². The highest BCUT2D eigenvalue weighted by Crippen LogP contribution is 2.13. The standard InChI is InChI=1S/C8H12N4.C4H6O2/c1-7(2,5-9)11-12-8(3,4)6-10;1-3(2)4(5)6/h1-4H3;1H2,2H3,(H,5,6). The van der Waals surface area contributed by atoms with Crippen LogP contribution in [0.1, 0.15) is 34.6 Å². The number of rotatable bonds is 3. The van der Waals surface area contributed by atoms with Crippen LogP contribution in [0.5, 0.6) is 0 Å². The van der Waals surface area contributed by atoms with E-state index in [2.05, 4.69) is 16.8 Å². The molecule has 0 saturated heterocycles. The second-order valence-corrected chi connectivity index (χ2v) is 4.63. The van der Waals surface area contributed by atoms with Gasteiger partial charge in [0, 0.05) is 5.57 Å². The molecular weight excluding hydrogens is 232 g/mol. The van der Waals surface area contributed by atoms with E-state index in [1.807, 2.05) is 12.1 Å². The first-order valence-corrected chi connectivity index (χ1v) is 5.13. The van der Waals surface area contributed by atoms with Crippen molar-refractivity contribution in [3.05, 3.63) is 12.2 Å². The molecule has 0 heterocycles. The van der Waals surface area contributed by atoms with E-state index in [0.29, 0.717) is 0 Å². The van der Waals surface area contributed by atoms with Gasteiger partial charge in [0.05, 0.1) is 12.1 Å². The van der Waals surface area contributed by atoms with Crippen molar-refractivity contribution in [1.29, 1.82) is 10.5 Å². The summed E-state index contributed by atoms with van der Waals surface area (Å²) in [4.78, 5) is 9.60. The summed E-state index contributed by atoms with van der Waals surface area (Å²) < 4.78 is 0. The average Bonchev–Trinajstić information content (AvgIpc) is 2.27. The molecule has 18 heavy (non-hydrogen) atoms. The lowest BCUT2D eigenvalue weighted by Crippen LogP contribution is -2.17. The summed E-state index contributed by atoms with van der Waals surface area (Å²) >= 11 is 0. The number of nitrogens with zero attached hydrogens (tertiary/aromatic N) is 4. The van der Waals surface area contributed by atoms with Gasteiger partial charge in [0.2, 0.25) is 0 Å². The van der Waals surface area contributed by atoms with Crippen molar-refractivity contribution in [3.63, 3.8) is 0 Å². The summed E-state index contributed by atoms with van der Waals surface area (Å²) in [6.07, 6.45) is 0. The Morgan fingerprint density at radius 2 is 1.33 bits per heavy atom. The maximum atomic E-state index is 9.60. The SMILES string of the molecule is C=C(C)C(=O)O.CC(C)(C#N)N=NC(C)(C)C#N. The first-order valence-electron chi connectivity index (χ1n) is 5.13. The minimum absolute atomic E-state index is 0.176. The third kappa shape index (κ3) is 10.3. The third-order valence-corrected chi connectivity index (χ3v) is 1.46. The van der Waals surface area contributed by atoms with Crippen LogP contribution in [0.4, 0.5) is 0 Å². The quantitative estimate of drug-likeness (QED) is 0.613. The number of hydrogen-bond donors (Lipinski definition) is 1. The first kappa shape index (κ1) is 18.2. The Morgan fingerprint density at radius 3 is 1.44 bits per heavy atom. The normalized spacial score (nSPS) is 10.8. The van der Waals surface area contributed by atoms with Crippen LogP contribution in [-0.4, -0.2) is 22.2 Å². The minimum Gasteiger partial charge on any atom is -0.478 e. The summed E-state index contributed by atoms with van der Waals surface area (Å²) in [5.74, 6) is -0.935. The molecule has 6 heteroatoms. The van der Waals surface area contributed by atoms with Gasteiger partial charge in [-0.05, 0) is 34.6 Å². The van der Waals surface area contributed by atoms with Gasteiger partial charge >= 0.3 is 5.97 Å². The van der Waals surface area contributed by atoms with Crippen LogP contribution in [0, 0.1) is 22.7 Å². The molecule has 0 atom stereocenters. The molecule has 0 aliphatic carbocycles. The largest absolute Gasteiger partial charge is 0.478 e. The van der Waals surface area contributed by atoms with Crippen LogP contribution in [0.3, 0.4) is 0 Å². The topological polar surface area (TPSA) is 110 Å². The van der Waals surface area contributed by atoms with Gasteiger partial charge in [-0.3, -0.25) is 0 Å². The fourth-order valence-electron chi connectivity index (χ4n) is 0.295. The summed E-state index contributed by atoms with van der Waals surface area (Å²) in [6.45, 7) is 11.2. The van der Waals surface area contributed by atoms with Gasteiger partial charge < -0.3 is 5.11 Å². The predicted octanol–water partition coefficient (Wildman–Crippen LogP) is 2.69. The zero-order valence-corrected chi connectivity index (χ0v) is 11.4. The molecule has 6 nitrogen and oxygen atoms in total. The number of azo groups is 1. The monoisotopic (exact) mass is 250 g/mol. The minimum atomic E-state index is -0.935. The van der Waals surface area contributed by atoms with Gasteiger partial charge in [0.1, 0.15) is 0 Å². The molecule has 0 bridgehead atoms. The summed E-state index contributed by atoms with van der Waals surface area (Å²) in [7, 11) is 0. The maximum absolute atomic E-state index is 9.60. The molecule has 98 valence electrons. The van der Waals surface area contributed by atoms with Crippen LogP contribution in [-0.2, 0) is 4.79 Å². The van der Waals surface area contributed by atoms with Crippen molar-refractivity contribution >= 4 is 5.97 Å². The van der Waals surface area contributed by atoms with E-state index in [4.69, 9.17) is 15.6 Å². The van der Waals surface area contributed by atoms with Gasteiger partial charge in [-0.1, -0.05) is 6.58 Å². The van der Waals surface area contributed by atoms with Crippen molar-refractivity contribution < 1.29 is 9.90 Å². The van der Waals surface area contributed by atoms with E-state index >= 15 is 0 Å². The molecule has 0 rings (SSSR count). The Labute approximate surface area is 107 Å². The van der Waals surface area contributed by atoms with Crippen molar-refractivity contribution in [1.82, 2.24) is 0 Å². The average molecular weight is 250 g/mol. The highest BCUT2D eigenvalue weighted by atomic mass is 16.4. The Bertz CT molecular complexity index is 382. The van der Waals surface area contributed by atoms with Crippen LogP contribution in [0.15, 0.2) is 22.4 Å². The summed E-state index contributed by atoms with van der Waals surface area (Å²) in [5.41, 5.74) is -1.50. The van der Waals surface area contributed by atoms with Gasteiger partial charge in [-0.25, -0.2) is 4.79 Å². The maximum Gasteiger partial charge on any atom is 0.330 e. The second-order valence-electron chi connectivity index (χ2n) is 4.63. The van der Waals surface area contributed by atoms with E-state index < -0.39 is 17.0 Å². The Kier molecular flexibility index (Phi) is 7.25. The molecule has 0 aliphatic rings. The Hall–Kier alpha value is -2.21. The van der Waals surface area contributed by atoms with Crippen molar-refractivity contribution in [2.24, 2.45) is 10.2 Å². The summed E-state index contributed by atoms with van der Waals surface area (Å²) in [5, 5.41) is 32.6. The zero-order chi connectivity index (χ0) is 15.0. The van der Waals surface area contributed by atoms with Gasteiger partial charge in [0.15, 0.2) is 11.1 Å². The van der Waals surface area contributed by atoms with Gasteiger partial charge in [-0.2, -0.15) is 20.8 Å². The van der Waals surface area contributed by atoms with E-state index in [0.717, 1.165) is 0 Å². The van der Waals surface area contributed by atoms with E-state index in [9.17, 15) is 4.79 Å². The van der Waals surface area contributed by atoms with E-state index in [1.54, 1.807) is 27.7 Å². The van der Waals surface area contributed by atoms with Crippen molar-refractivity contribution in [2.75, 3.05) is 0 Å². The molecule has 0 aliphatic heterocycles. The highest BCUT2D eigenvalue weighted by molar-refractivity contribution is 5.84. The number of nitriles is 2. The van der Waals surface area contributed by atoms with Crippen molar-refractivity contribution in [3.8, 4) is 12.1 Å².